The van der Waals surface area contributed by atoms with Gasteiger partial charge in [-0.05, 0) is 0 Å². The smallest absolute Gasteiger partial charge is 1.00 e. The molecular weight excluding hydrogens is 144 g/mol. The van der Waals surface area contributed by atoms with Crippen LogP contribution >= 0.6 is 0 Å². The van der Waals surface area contributed by atoms with E-state index in [0.717, 1.165) is 0 Å². The molecule has 0 spiro atoms. The van der Waals surface area contributed by atoms with E-state index in [9.17, 15) is 0 Å². The molecule has 0 aliphatic carbocycles. The Hall–Kier alpha value is 1.13. The summed E-state index contributed by atoms with van der Waals surface area (Å²) in [6.07, 6.45) is 0. The second kappa shape index (κ2) is 6.25. The van der Waals surface area contributed by atoms with Crippen LogP contribution < -0.4 is 47.7 Å². The summed E-state index contributed by atoms with van der Waals surface area (Å²) in [6, 6.07) is 0. The van der Waals surface area contributed by atoms with Gasteiger partial charge in [-0.25, -0.2) is 0 Å². The van der Waals surface area contributed by atoms with Crippen LogP contribution in [-0.2, 0) is 0 Å². The molecule has 0 fully saturated rings. The van der Waals surface area contributed by atoms with E-state index in [4.69, 9.17) is 15.3 Å². The van der Waals surface area contributed by atoms with Crippen molar-refractivity contribution in [2.24, 2.45) is 5.73 Å². The van der Waals surface area contributed by atoms with Gasteiger partial charge in [0.05, 0.1) is 6.54 Å². The molecule has 0 rings (SSSR count). The summed E-state index contributed by atoms with van der Waals surface area (Å²) < 4.78 is 0. The summed E-state index contributed by atoms with van der Waals surface area (Å²) in [4.78, 5) is 0. The minimum atomic E-state index is -2.68. The molecule has 5 N–H and O–H groups in total. The Labute approximate surface area is 75.4 Å². The molecule has 46 valence electrons. The molecule has 0 heterocycles. The molecular formula is C2H7ClNNaO3. The second-order valence-electron chi connectivity index (χ2n) is 0.978. The van der Waals surface area contributed by atoms with Crippen molar-refractivity contribution < 1.29 is 57.3 Å². The van der Waals surface area contributed by atoms with Crippen molar-refractivity contribution in [1.82, 2.24) is 0 Å². The molecule has 0 aliphatic heterocycles. The zero-order valence-corrected chi connectivity index (χ0v) is 7.26. The number of halogens is 1. The Balaban J connectivity index is -0.000000125. The zero-order valence-electron chi connectivity index (χ0n) is 4.50. The van der Waals surface area contributed by atoms with Gasteiger partial charge in [0.25, 0.3) is 5.97 Å². The molecule has 0 saturated carbocycles. The molecule has 0 aromatic carbocycles. The zero-order chi connectivity index (χ0) is 5.21. The van der Waals surface area contributed by atoms with Gasteiger partial charge in [0.15, 0.2) is 0 Å². The van der Waals surface area contributed by atoms with Gasteiger partial charge >= 0.3 is 29.6 Å². The summed E-state index contributed by atoms with van der Waals surface area (Å²) in [7, 11) is 0. The molecule has 0 aliphatic rings. The van der Waals surface area contributed by atoms with Crippen molar-refractivity contribution in [2.45, 2.75) is 5.97 Å². The van der Waals surface area contributed by atoms with E-state index in [0.29, 0.717) is 0 Å². The van der Waals surface area contributed by atoms with E-state index in [2.05, 4.69) is 5.73 Å². The van der Waals surface area contributed by atoms with Gasteiger partial charge in [0, 0.05) is 0 Å². The minimum absolute atomic E-state index is 0. The summed E-state index contributed by atoms with van der Waals surface area (Å²) in [5.74, 6) is -2.68. The molecule has 0 aromatic rings. The molecule has 0 unspecified atom stereocenters. The number of aliphatic hydroxyl groups is 3. The van der Waals surface area contributed by atoms with Crippen molar-refractivity contribution in [2.75, 3.05) is 6.54 Å². The maximum absolute atomic E-state index is 7.81. The quantitative estimate of drug-likeness (QED) is 0.222. The van der Waals surface area contributed by atoms with E-state index in [-0.39, 0.29) is 42.0 Å². The molecule has 4 nitrogen and oxygen atoms in total. The summed E-state index contributed by atoms with van der Waals surface area (Å²) in [5.41, 5.74) is 4.56. The van der Waals surface area contributed by atoms with Gasteiger partial charge in [-0.3, -0.25) is 0 Å². The number of hydrogen-bond donors (Lipinski definition) is 4. The minimum Gasteiger partial charge on any atom is -1.00 e. The van der Waals surface area contributed by atoms with Crippen LogP contribution in [-0.4, -0.2) is 27.8 Å². The van der Waals surface area contributed by atoms with Crippen LogP contribution in [0.4, 0.5) is 0 Å². The van der Waals surface area contributed by atoms with Crippen molar-refractivity contribution in [3.8, 4) is 0 Å². The number of nitrogens with two attached hydrogens (primary N) is 1. The monoisotopic (exact) mass is 151 g/mol. The van der Waals surface area contributed by atoms with Gasteiger partial charge in [0.2, 0.25) is 0 Å². The van der Waals surface area contributed by atoms with Crippen LogP contribution in [0, 0.1) is 0 Å². The third kappa shape index (κ3) is 15.7. The fraction of sp³-hybridized carbons (Fsp3) is 1.00. The standard InChI is InChI=1S/C2H7NO3.ClH.Na/c3-1-2(4,5)6;;/h4-6H,1,3H2;1H;/q;;+1/p-1. The summed E-state index contributed by atoms with van der Waals surface area (Å²) >= 11 is 0. The summed E-state index contributed by atoms with van der Waals surface area (Å²) in [5, 5.41) is 23.4. The first-order valence-corrected chi connectivity index (χ1v) is 1.43. The van der Waals surface area contributed by atoms with Crippen LogP contribution in [0.25, 0.3) is 0 Å². The molecule has 0 aromatic heterocycles. The normalized spacial score (nSPS) is 9.00. The predicted octanol–water partition coefficient (Wildman–Crippen LogP) is -8.42. The molecule has 0 amide bonds. The Bertz CT molecular complexity index is 47.0. The van der Waals surface area contributed by atoms with Crippen molar-refractivity contribution in [1.29, 1.82) is 0 Å². The van der Waals surface area contributed by atoms with Gasteiger partial charge in [-0.1, -0.05) is 0 Å². The maximum atomic E-state index is 7.81. The van der Waals surface area contributed by atoms with E-state index in [1.807, 2.05) is 0 Å². The van der Waals surface area contributed by atoms with Crippen molar-refractivity contribution in [3.05, 3.63) is 0 Å². The third-order valence-corrected chi connectivity index (χ3v) is 0.274. The molecule has 0 saturated heterocycles. The van der Waals surface area contributed by atoms with Gasteiger partial charge in [-0.15, -0.1) is 0 Å². The third-order valence-electron chi connectivity index (χ3n) is 0.274. The fourth-order valence-corrected chi connectivity index (χ4v) is 0. The molecule has 0 atom stereocenters. The average Bonchev–Trinajstić information content (AvgIpc) is 1.35. The first kappa shape index (κ1) is 16.1. The Morgan fingerprint density at radius 2 is 1.38 bits per heavy atom. The van der Waals surface area contributed by atoms with E-state index >= 15 is 0 Å². The summed E-state index contributed by atoms with van der Waals surface area (Å²) in [6.45, 7) is -0.562. The van der Waals surface area contributed by atoms with Crippen molar-refractivity contribution >= 4 is 0 Å². The van der Waals surface area contributed by atoms with Crippen molar-refractivity contribution in [3.63, 3.8) is 0 Å². The van der Waals surface area contributed by atoms with Gasteiger partial charge in [-0.2, -0.15) is 0 Å². The number of rotatable bonds is 1. The topological polar surface area (TPSA) is 86.7 Å². The van der Waals surface area contributed by atoms with Crippen LogP contribution in [0.1, 0.15) is 0 Å². The fourth-order valence-electron chi connectivity index (χ4n) is 0. The first-order chi connectivity index (χ1) is 2.56. The van der Waals surface area contributed by atoms with Gasteiger partial charge in [0.1, 0.15) is 0 Å². The van der Waals surface area contributed by atoms with Crippen LogP contribution in [0.2, 0.25) is 0 Å². The maximum Gasteiger partial charge on any atom is 1.00 e. The Kier molecular flexibility index (Phi) is 12.6. The van der Waals surface area contributed by atoms with E-state index in [1.165, 1.54) is 0 Å². The predicted molar refractivity (Wildman–Crippen MR) is 18.4 cm³/mol. The SMILES string of the molecule is NCC(O)(O)O.[Cl-].[Na+]. The second-order valence-corrected chi connectivity index (χ2v) is 0.978. The first-order valence-electron chi connectivity index (χ1n) is 1.43. The Morgan fingerprint density at radius 1 is 1.25 bits per heavy atom. The van der Waals surface area contributed by atoms with Crippen LogP contribution in [0.3, 0.4) is 0 Å². The van der Waals surface area contributed by atoms with Gasteiger partial charge < -0.3 is 33.5 Å². The van der Waals surface area contributed by atoms with E-state index < -0.39 is 12.5 Å². The number of hydrogen-bond acceptors (Lipinski definition) is 4. The average molecular weight is 152 g/mol. The van der Waals surface area contributed by atoms with Crippen LogP contribution in [0.5, 0.6) is 0 Å². The molecule has 0 radical (unpaired) electrons. The van der Waals surface area contributed by atoms with Crippen LogP contribution in [0.15, 0.2) is 0 Å². The molecule has 8 heavy (non-hydrogen) atoms. The Morgan fingerprint density at radius 3 is 1.38 bits per heavy atom. The largest absolute Gasteiger partial charge is 1.00 e. The molecule has 6 heteroatoms. The molecule has 0 bridgehead atoms. The van der Waals surface area contributed by atoms with E-state index in [1.54, 1.807) is 0 Å².